The summed E-state index contributed by atoms with van der Waals surface area (Å²) in [6.45, 7) is 6.31. The number of rotatable bonds is 58. The molecule has 0 aromatic heterocycles. The van der Waals surface area contributed by atoms with E-state index in [-0.39, 0.29) is 38.0 Å². The quantitative estimate of drug-likeness (QED) is 0.0261. The Morgan fingerprint density at radius 1 is 0.253 bits per heavy atom. The normalized spacial score (nSPS) is 13.3. The lowest BCUT2D eigenvalue weighted by atomic mass is 10.0. The number of esters is 3. The lowest BCUT2D eigenvalue weighted by molar-refractivity contribution is -0.166. The van der Waals surface area contributed by atoms with E-state index in [4.69, 9.17) is 14.2 Å². The average molecular weight is 1140 g/mol. The van der Waals surface area contributed by atoms with Crippen molar-refractivity contribution in [1.82, 2.24) is 0 Å². The highest BCUT2D eigenvalue weighted by molar-refractivity contribution is 5.71. The van der Waals surface area contributed by atoms with Crippen molar-refractivity contribution in [3.63, 3.8) is 0 Å². The number of unbranched alkanes of at least 4 members (excludes halogenated alkanes) is 17. The summed E-state index contributed by atoms with van der Waals surface area (Å²) in [5, 5.41) is 0. The molecular weight excluding hydrogens is 1020 g/mol. The van der Waals surface area contributed by atoms with Crippen molar-refractivity contribution in [3.8, 4) is 0 Å². The molecular formula is C77H120O6. The Bertz CT molecular complexity index is 1940. The van der Waals surface area contributed by atoms with Gasteiger partial charge < -0.3 is 14.2 Å². The highest BCUT2D eigenvalue weighted by atomic mass is 16.6. The average Bonchev–Trinajstić information content (AvgIpc) is 3.49. The molecule has 6 nitrogen and oxygen atoms in total. The minimum atomic E-state index is -0.852. The third kappa shape index (κ3) is 67.2. The molecule has 0 fully saturated rings. The van der Waals surface area contributed by atoms with Crippen molar-refractivity contribution in [3.05, 3.63) is 182 Å². The van der Waals surface area contributed by atoms with Crippen LogP contribution >= 0.6 is 0 Å². The highest BCUT2D eigenvalue weighted by Gasteiger charge is 2.19. The molecule has 0 rings (SSSR count). The number of ether oxygens (including phenoxy) is 3. The maximum Gasteiger partial charge on any atom is 0.306 e. The Labute approximate surface area is 510 Å². The topological polar surface area (TPSA) is 78.9 Å². The van der Waals surface area contributed by atoms with Gasteiger partial charge in [-0.3, -0.25) is 14.4 Å². The number of carbonyl (C=O) groups is 3. The van der Waals surface area contributed by atoms with Gasteiger partial charge in [0.2, 0.25) is 0 Å². The van der Waals surface area contributed by atoms with Crippen LogP contribution in [0.2, 0.25) is 0 Å². The summed E-state index contributed by atoms with van der Waals surface area (Å²) in [4.78, 5) is 38.3. The van der Waals surface area contributed by atoms with E-state index in [0.29, 0.717) is 19.3 Å². The molecule has 0 saturated heterocycles. The van der Waals surface area contributed by atoms with Gasteiger partial charge in [0.05, 0.1) is 0 Å². The van der Waals surface area contributed by atoms with Crippen LogP contribution in [0.25, 0.3) is 0 Å². The van der Waals surface area contributed by atoms with Gasteiger partial charge in [-0.15, -0.1) is 0 Å². The van der Waals surface area contributed by atoms with E-state index in [2.05, 4.69) is 191 Å². The van der Waals surface area contributed by atoms with Gasteiger partial charge >= 0.3 is 17.9 Å². The van der Waals surface area contributed by atoms with Crippen LogP contribution in [0.3, 0.4) is 0 Å². The lowest BCUT2D eigenvalue weighted by Gasteiger charge is -2.18. The third-order valence-electron chi connectivity index (χ3n) is 13.4. The Morgan fingerprint density at radius 3 is 0.783 bits per heavy atom. The van der Waals surface area contributed by atoms with Crippen molar-refractivity contribution in [2.45, 2.75) is 271 Å². The van der Waals surface area contributed by atoms with Gasteiger partial charge in [-0.05, 0) is 122 Å². The molecule has 0 saturated carbocycles. The van der Waals surface area contributed by atoms with Crippen molar-refractivity contribution < 1.29 is 28.6 Å². The second kappa shape index (κ2) is 69.0. The highest BCUT2D eigenvalue weighted by Crippen LogP contribution is 2.15. The van der Waals surface area contributed by atoms with Crippen LogP contribution in [0.4, 0.5) is 0 Å². The fourth-order valence-electron chi connectivity index (χ4n) is 8.53. The molecule has 0 bridgehead atoms. The zero-order valence-corrected chi connectivity index (χ0v) is 53.1. The minimum absolute atomic E-state index is 0.133. The molecule has 1 unspecified atom stereocenters. The van der Waals surface area contributed by atoms with Gasteiger partial charge in [-0.2, -0.15) is 0 Å². The summed E-state index contributed by atoms with van der Waals surface area (Å²) in [6, 6.07) is 0. The molecule has 0 aliphatic heterocycles. The molecule has 0 heterocycles. The second-order valence-electron chi connectivity index (χ2n) is 21.3. The fraction of sp³-hybridized carbons (Fsp3) is 0.571. The molecule has 83 heavy (non-hydrogen) atoms. The Balaban J connectivity index is 4.58. The minimum Gasteiger partial charge on any atom is -0.462 e. The van der Waals surface area contributed by atoms with E-state index < -0.39 is 12.1 Å². The van der Waals surface area contributed by atoms with Crippen LogP contribution in [0, 0.1) is 0 Å². The molecule has 0 aliphatic carbocycles. The fourth-order valence-corrected chi connectivity index (χ4v) is 8.53. The standard InChI is InChI=1S/C77H120O6/c1-4-7-10-13-16-19-22-25-28-31-33-34-35-36-37-38-39-40-41-42-44-46-49-52-55-58-61-64-67-70-76(79)82-73-74(72-81-75(78)69-66-63-60-57-54-51-48-45-30-27-24-21-18-15-12-9-6-3)83-77(80)71-68-65-62-59-56-53-50-47-43-32-29-26-23-20-17-14-11-8-5-2/h7-8,10-11,16-17,19-20,25-26,28-29,33-34,36-37,39-40,42-44,47,49,52-53,56,58,61-62,65,74H,4-6,9,12-15,18,21-24,27,30-32,35,38,41,45-46,48,50-51,54-55,57,59-60,63-64,66-73H2,1-3H3/b10-7-,11-8-,19-16-,20-17-,28-25-,29-26-,34-33-,37-36-,40-39-,44-42-,47-43-,52-49-,56-53-,61-58-,65-62-. The van der Waals surface area contributed by atoms with E-state index in [1.807, 2.05) is 12.2 Å². The Hall–Kier alpha value is -5.49. The third-order valence-corrected chi connectivity index (χ3v) is 13.4. The number of hydrogen-bond donors (Lipinski definition) is 0. The first-order valence-electron chi connectivity index (χ1n) is 33.3. The molecule has 0 radical (unpaired) electrons. The number of allylic oxidation sites excluding steroid dienone is 30. The van der Waals surface area contributed by atoms with Crippen LogP contribution in [0.1, 0.15) is 265 Å². The SMILES string of the molecule is CC/C=C\C/C=C\C/C=C\C/C=C\C/C=C\C/C=C\C/C=C\C/C=C\C/C=C\CCCC(=O)OCC(COC(=O)CCCCCCCCCCCCCCCCCCC)OC(=O)CC/C=C\C/C=C\C/C=C\C/C=C\C/C=C\C/C=C\CC. The smallest absolute Gasteiger partial charge is 0.306 e. The largest absolute Gasteiger partial charge is 0.462 e. The van der Waals surface area contributed by atoms with Crippen molar-refractivity contribution in [2.24, 2.45) is 0 Å². The molecule has 0 aromatic rings. The molecule has 0 amide bonds. The number of carbonyl (C=O) groups excluding carboxylic acids is 3. The van der Waals surface area contributed by atoms with Gasteiger partial charge in [-0.25, -0.2) is 0 Å². The summed E-state index contributed by atoms with van der Waals surface area (Å²) in [5.41, 5.74) is 0. The molecule has 0 N–H and O–H groups in total. The van der Waals surface area contributed by atoms with Crippen LogP contribution in [0.15, 0.2) is 182 Å². The predicted octanol–water partition coefficient (Wildman–Crippen LogP) is 23.2. The molecule has 1 atom stereocenters. The lowest BCUT2D eigenvalue weighted by Crippen LogP contribution is -2.30. The first-order valence-corrected chi connectivity index (χ1v) is 33.3. The van der Waals surface area contributed by atoms with E-state index in [1.165, 1.54) is 89.9 Å². The maximum atomic E-state index is 12.9. The molecule has 464 valence electrons. The summed E-state index contributed by atoms with van der Waals surface area (Å²) in [6.07, 6.45) is 103. The summed E-state index contributed by atoms with van der Waals surface area (Å²) < 4.78 is 16.8. The van der Waals surface area contributed by atoms with Crippen LogP contribution in [-0.4, -0.2) is 37.2 Å². The van der Waals surface area contributed by atoms with Crippen LogP contribution in [-0.2, 0) is 28.6 Å². The van der Waals surface area contributed by atoms with Gasteiger partial charge in [0.25, 0.3) is 0 Å². The first kappa shape index (κ1) is 77.5. The Kier molecular flexibility index (Phi) is 64.4. The first-order chi connectivity index (χ1) is 41.0. The maximum absolute atomic E-state index is 12.9. The van der Waals surface area contributed by atoms with Crippen molar-refractivity contribution in [2.75, 3.05) is 13.2 Å². The van der Waals surface area contributed by atoms with Crippen LogP contribution < -0.4 is 0 Å². The molecule has 0 aromatic carbocycles. The van der Waals surface area contributed by atoms with E-state index in [0.717, 1.165) is 122 Å². The van der Waals surface area contributed by atoms with E-state index in [1.54, 1.807) is 0 Å². The zero-order chi connectivity index (χ0) is 59.9. The van der Waals surface area contributed by atoms with Gasteiger partial charge in [0, 0.05) is 19.3 Å². The predicted molar refractivity (Wildman–Crippen MR) is 361 cm³/mol. The Morgan fingerprint density at radius 2 is 0.494 bits per heavy atom. The van der Waals surface area contributed by atoms with E-state index in [9.17, 15) is 14.4 Å². The van der Waals surface area contributed by atoms with Gasteiger partial charge in [-0.1, -0.05) is 306 Å². The van der Waals surface area contributed by atoms with Crippen LogP contribution in [0.5, 0.6) is 0 Å². The van der Waals surface area contributed by atoms with Crippen molar-refractivity contribution in [1.29, 1.82) is 0 Å². The number of hydrogen-bond acceptors (Lipinski definition) is 6. The monoisotopic (exact) mass is 1140 g/mol. The summed E-state index contributed by atoms with van der Waals surface area (Å²) in [7, 11) is 0. The summed E-state index contributed by atoms with van der Waals surface area (Å²) in [5.74, 6) is -1.08. The molecule has 0 spiro atoms. The molecule has 6 heteroatoms. The van der Waals surface area contributed by atoms with Gasteiger partial charge in [0.1, 0.15) is 13.2 Å². The van der Waals surface area contributed by atoms with Gasteiger partial charge in [0.15, 0.2) is 6.10 Å². The summed E-state index contributed by atoms with van der Waals surface area (Å²) >= 11 is 0. The second-order valence-corrected chi connectivity index (χ2v) is 21.3. The van der Waals surface area contributed by atoms with Crippen molar-refractivity contribution >= 4 is 17.9 Å². The van der Waals surface area contributed by atoms with E-state index >= 15 is 0 Å². The zero-order valence-electron chi connectivity index (χ0n) is 53.1. The molecule has 0 aliphatic rings.